The van der Waals surface area contributed by atoms with E-state index in [1.54, 1.807) is 60.7 Å². The lowest BCUT2D eigenvalue weighted by Gasteiger charge is -2.18. The van der Waals surface area contributed by atoms with E-state index in [0.717, 1.165) is 0 Å². The number of hydrogen-bond acceptors (Lipinski definition) is 8. The molecule has 12 nitrogen and oxygen atoms in total. The zero-order valence-electron chi connectivity index (χ0n) is 23.4. The number of halogens is 2. The van der Waals surface area contributed by atoms with Gasteiger partial charge in [0.25, 0.3) is 0 Å². The minimum Gasteiger partial charge on any atom is -0.506 e. The Kier molecular flexibility index (Phi) is 6.80. The van der Waals surface area contributed by atoms with Crippen LogP contribution in [0.4, 0.5) is 0 Å². The first-order valence-corrected chi connectivity index (χ1v) is 14.3. The van der Waals surface area contributed by atoms with Gasteiger partial charge in [0.05, 0.1) is 0 Å². The number of benzene rings is 5. The third-order valence-corrected chi connectivity index (χ3v) is 7.85. The second kappa shape index (κ2) is 10.9. The van der Waals surface area contributed by atoms with E-state index in [9.17, 15) is 19.8 Å². The summed E-state index contributed by atoms with van der Waals surface area (Å²) in [4.78, 5) is 27.9. The molecule has 14 heteroatoms. The van der Waals surface area contributed by atoms with Crippen LogP contribution in [0.3, 0.4) is 0 Å². The van der Waals surface area contributed by atoms with E-state index < -0.39 is 11.8 Å². The summed E-state index contributed by atoms with van der Waals surface area (Å²) < 4.78 is 0. The summed E-state index contributed by atoms with van der Waals surface area (Å²) in [7, 11) is 0. The third-order valence-electron chi connectivity index (χ3n) is 7.38. The van der Waals surface area contributed by atoms with Crippen LogP contribution in [-0.2, 0) is 0 Å². The van der Waals surface area contributed by atoms with E-state index in [0.29, 0.717) is 43.2 Å². The Morgan fingerprint density at radius 2 is 0.935 bits per heavy atom. The van der Waals surface area contributed by atoms with Gasteiger partial charge in [-0.05, 0) is 83.9 Å². The lowest BCUT2D eigenvalue weighted by Crippen LogP contribution is -2.17. The lowest BCUT2D eigenvalue weighted by molar-refractivity contribution is 0.0989. The molecule has 0 fully saturated rings. The molecule has 7 rings (SSSR count). The molecule has 0 aliphatic carbocycles. The Labute approximate surface area is 269 Å². The fourth-order valence-electron chi connectivity index (χ4n) is 5.30. The number of aromatic nitrogens is 6. The fourth-order valence-corrected chi connectivity index (χ4v) is 5.63. The molecule has 0 unspecified atom stereocenters. The molecule has 0 aliphatic heterocycles. The molecule has 0 saturated carbocycles. The van der Waals surface area contributed by atoms with Crippen molar-refractivity contribution in [2.75, 3.05) is 0 Å². The maximum Gasteiger partial charge on any atom is 0.249 e. The van der Waals surface area contributed by atoms with Crippen molar-refractivity contribution in [3.8, 4) is 45.1 Å². The molecule has 0 atom stereocenters. The normalized spacial score (nSPS) is 11.3. The van der Waals surface area contributed by atoms with Crippen molar-refractivity contribution >= 4 is 57.1 Å². The van der Waals surface area contributed by atoms with E-state index in [4.69, 9.17) is 34.7 Å². The van der Waals surface area contributed by atoms with Gasteiger partial charge in [-0.2, -0.15) is 0 Å². The number of aromatic hydroxyl groups is 2. The molecule has 0 bridgehead atoms. The van der Waals surface area contributed by atoms with Crippen LogP contribution in [-0.4, -0.2) is 52.0 Å². The maximum absolute atomic E-state index is 12.7. The lowest BCUT2D eigenvalue weighted by atomic mass is 9.86. The molecule has 46 heavy (non-hydrogen) atoms. The first kappa shape index (κ1) is 28.8. The first-order valence-electron chi connectivity index (χ1n) is 13.6. The SMILES string of the molecule is NC(=O)c1ccc(C(N)=O)c(-c2ccc(-n3nc4ccc(Cl)cc4n3)c(O)c2)c1-c1ccc(-n2nc3ccc(Cl)cc3n2)c(O)c1. The smallest absolute Gasteiger partial charge is 0.249 e. The van der Waals surface area contributed by atoms with Crippen molar-refractivity contribution < 1.29 is 19.8 Å². The number of primary amides is 2. The highest BCUT2D eigenvalue weighted by Gasteiger charge is 2.24. The zero-order chi connectivity index (χ0) is 32.3. The number of carbonyl (C=O) groups excluding carboxylic acids is 2. The zero-order valence-corrected chi connectivity index (χ0v) is 24.9. The number of phenolic OH excluding ortho intramolecular Hbond substituents is 2. The highest BCUT2D eigenvalue weighted by atomic mass is 35.5. The van der Waals surface area contributed by atoms with E-state index in [2.05, 4.69) is 20.4 Å². The van der Waals surface area contributed by atoms with Crippen LogP contribution in [0.5, 0.6) is 11.5 Å². The Morgan fingerprint density at radius 3 is 1.30 bits per heavy atom. The molecule has 7 aromatic rings. The Hall–Kier alpha value is -5.98. The van der Waals surface area contributed by atoms with Crippen LogP contribution < -0.4 is 11.5 Å². The van der Waals surface area contributed by atoms with Gasteiger partial charge in [-0.15, -0.1) is 30.0 Å². The summed E-state index contributed by atoms with van der Waals surface area (Å²) in [5, 5.41) is 40.8. The molecule has 6 N–H and O–H groups in total. The molecule has 2 amide bonds. The summed E-state index contributed by atoms with van der Waals surface area (Å²) in [6.45, 7) is 0. The van der Waals surface area contributed by atoms with Gasteiger partial charge < -0.3 is 21.7 Å². The first-order chi connectivity index (χ1) is 22.1. The number of nitrogens with two attached hydrogens (primary N) is 2. The van der Waals surface area contributed by atoms with Crippen molar-refractivity contribution in [3.05, 3.63) is 106 Å². The standard InChI is InChI=1S/C32H20Cl2N8O4/c33-17-3-7-21-23(13-17)39-41(37-21)25-9-1-15(11-27(25)43)29-19(31(35)45)5-6-20(32(36)46)30(29)16-2-10-26(28(44)12-16)42-38-22-8-4-18(34)14-24(22)40-42/h1-14,43-44H,(H2,35,45)(H2,36,46). The number of fused-ring (bicyclic) bond motifs is 2. The molecular weight excluding hydrogens is 631 g/mol. The van der Waals surface area contributed by atoms with Crippen molar-refractivity contribution in [1.82, 2.24) is 30.0 Å². The summed E-state index contributed by atoms with van der Waals surface area (Å²) >= 11 is 12.2. The Balaban J connectivity index is 1.39. The highest BCUT2D eigenvalue weighted by Crippen LogP contribution is 2.41. The van der Waals surface area contributed by atoms with Crippen LogP contribution >= 0.6 is 23.2 Å². The van der Waals surface area contributed by atoms with Crippen molar-refractivity contribution in [3.63, 3.8) is 0 Å². The van der Waals surface area contributed by atoms with E-state index in [-0.39, 0.29) is 45.1 Å². The van der Waals surface area contributed by atoms with Crippen LogP contribution in [0.15, 0.2) is 84.9 Å². The fraction of sp³-hybridized carbons (Fsp3) is 0. The number of amides is 2. The largest absolute Gasteiger partial charge is 0.506 e. The van der Waals surface area contributed by atoms with E-state index >= 15 is 0 Å². The molecule has 0 radical (unpaired) electrons. The van der Waals surface area contributed by atoms with Gasteiger partial charge in [-0.3, -0.25) is 9.59 Å². The van der Waals surface area contributed by atoms with Gasteiger partial charge in [-0.25, -0.2) is 0 Å². The summed E-state index contributed by atoms with van der Waals surface area (Å²) in [6, 6.07) is 22.0. The molecular formula is C32H20Cl2N8O4. The average molecular weight is 651 g/mol. The molecule has 2 aromatic heterocycles. The summed E-state index contributed by atoms with van der Waals surface area (Å²) in [5.41, 5.74) is 15.4. The van der Waals surface area contributed by atoms with Crippen molar-refractivity contribution in [2.45, 2.75) is 0 Å². The van der Waals surface area contributed by atoms with Crippen LogP contribution in [0.1, 0.15) is 20.7 Å². The predicted octanol–water partition coefficient (Wildman–Crippen LogP) is 5.40. The van der Waals surface area contributed by atoms with Gasteiger partial charge in [0.15, 0.2) is 0 Å². The van der Waals surface area contributed by atoms with Crippen molar-refractivity contribution in [1.29, 1.82) is 0 Å². The predicted molar refractivity (Wildman–Crippen MR) is 173 cm³/mol. The molecule has 0 spiro atoms. The highest BCUT2D eigenvalue weighted by molar-refractivity contribution is 6.31. The number of nitrogens with zero attached hydrogens (tertiary/aromatic N) is 6. The van der Waals surface area contributed by atoms with Gasteiger partial charge in [-0.1, -0.05) is 35.3 Å². The van der Waals surface area contributed by atoms with Crippen LogP contribution in [0.2, 0.25) is 10.0 Å². The molecule has 0 aliphatic rings. The topological polar surface area (TPSA) is 188 Å². The second-order valence-corrected chi connectivity index (χ2v) is 11.2. The minimum absolute atomic E-state index is 0.0465. The summed E-state index contributed by atoms with van der Waals surface area (Å²) in [6.07, 6.45) is 0. The Morgan fingerprint density at radius 1 is 0.543 bits per heavy atom. The molecule has 0 saturated heterocycles. The van der Waals surface area contributed by atoms with Gasteiger partial charge in [0.1, 0.15) is 44.9 Å². The van der Waals surface area contributed by atoms with Gasteiger partial charge >= 0.3 is 0 Å². The second-order valence-electron chi connectivity index (χ2n) is 10.3. The number of carbonyl (C=O) groups is 2. The van der Waals surface area contributed by atoms with Gasteiger partial charge in [0.2, 0.25) is 11.8 Å². The van der Waals surface area contributed by atoms with E-state index in [1.807, 2.05) is 0 Å². The quantitative estimate of drug-likeness (QED) is 0.184. The van der Waals surface area contributed by atoms with Gasteiger partial charge in [0, 0.05) is 32.3 Å². The summed E-state index contributed by atoms with van der Waals surface area (Å²) in [5.74, 6) is -2.05. The Bertz CT molecular complexity index is 2240. The van der Waals surface area contributed by atoms with Crippen LogP contribution in [0.25, 0.3) is 55.7 Å². The maximum atomic E-state index is 12.7. The number of rotatable bonds is 6. The average Bonchev–Trinajstić information content (AvgIpc) is 3.63. The van der Waals surface area contributed by atoms with Crippen LogP contribution in [0, 0.1) is 0 Å². The molecule has 226 valence electrons. The monoisotopic (exact) mass is 650 g/mol. The molecule has 5 aromatic carbocycles. The number of phenols is 2. The van der Waals surface area contributed by atoms with Crippen molar-refractivity contribution in [2.24, 2.45) is 11.5 Å². The number of hydrogen-bond donors (Lipinski definition) is 4. The molecule has 2 heterocycles. The minimum atomic E-state index is -0.792. The third kappa shape index (κ3) is 4.91. The van der Waals surface area contributed by atoms with E-state index in [1.165, 1.54) is 33.9 Å².